The number of methoxy groups -OCH3 is 1. The first-order valence-electron chi connectivity index (χ1n) is 10.7. The van der Waals surface area contributed by atoms with E-state index >= 15 is 0 Å². The fourth-order valence-corrected chi connectivity index (χ4v) is 5.96. The minimum atomic E-state index is -0.0697. The molecule has 0 aliphatic heterocycles. The molecule has 7 heteroatoms. The molecule has 0 radical (unpaired) electrons. The number of hydrogen-bond donors (Lipinski definition) is 1. The Morgan fingerprint density at radius 2 is 1.91 bits per heavy atom. The SMILES string of the molecule is COc1cc(-c2nc3sc4c(c3c(=O)[nH]2)CCCCC4)c(Br)cc1OCc1ccccc1. The number of halogens is 1. The molecule has 0 fully saturated rings. The van der Waals surface area contributed by atoms with Gasteiger partial charge in [-0.15, -0.1) is 11.3 Å². The Bertz CT molecular complexity index is 1330. The molecule has 5 nitrogen and oxygen atoms in total. The fraction of sp³-hybridized carbons (Fsp3) is 0.280. The maximum Gasteiger partial charge on any atom is 0.260 e. The van der Waals surface area contributed by atoms with Gasteiger partial charge in [-0.2, -0.15) is 0 Å². The molecule has 0 unspecified atom stereocenters. The van der Waals surface area contributed by atoms with Gasteiger partial charge in [-0.1, -0.05) is 36.8 Å². The first kappa shape index (κ1) is 21.2. The van der Waals surface area contributed by atoms with Gasteiger partial charge in [0.05, 0.1) is 12.5 Å². The molecule has 1 aliphatic rings. The van der Waals surface area contributed by atoms with Crippen LogP contribution in [0.1, 0.15) is 35.3 Å². The number of rotatable bonds is 5. The van der Waals surface area contributed by atoms with Crippen molar-refractivity contribution in [3.05, 3.63) is 73.3 Å². The van der Waals surface area contributed by atoms with Crippen LogP contribution in [-0.2, 0) is 19.4 Å². The molecule has 0 bridgehead atoms. The van der Waals surface area contributed by atoms with Gasteiger partial charge < -0.3 is 14.5 Å². The molecule has 0 amide bonds. The van der Waals surface area contributed by atoms with Gasteiger partial charge in [-0.3, -0.25) is 4.79 Å². The van der Waals surface area contributed by atoms with E-state index < -0.39 is 0 Å². The zero-order valence-electron chi connectivity index (χ0n) is 17.7. The van der Waals surface area contributed by atoms with E-state index in [0.717, 1.165) is 45.1 Å². The summed E-state index contributed by atoms with van der Waals surface area (Å²) in [4.78, 5) is 23.0. The van der Waals surface area contributed by atoms with Gasteiger partial charge >= 0.3 is 0 Å². The van der Waals surface area contributed by atoms with Crippen LogP contribution < -0.4 is 15.0 Å². The zero-order valence-corrected chi connectivity index (χ0v) is 20.1. The van der Waals surface area contributed by atoms with Crippen molar-refractivity contribution >= 4 is 37.5 Å². The molecule has 2 aromatic carbocycles. The lowest BCUT2D eigenvalue weighted by Crippen LogP contribution is -2.10. The Balaban J connectivity index is 1.52. The number of nitrogens with zero attached hydrogens (tertiary/aromatic N) is 1. The molecular formula is C25H23BrN2O3S. The third kappa shape index (κ3) is 4.07. The Kier molecular flexibility index (Phi) is 6.02. The highest BCUT2D eigenvalue weighted by Gasteiger charge is 2.21. The van der Waals surface area contributed by atoms with E-state index in [2.05, 4.69) is 20.9 Å². The van der Waals surface area contributed by atoms with Gasteiger partial charge in [0.15, 0.2) is 11.5 Å². The molecule has 1 aliphatic carbocycles. The van der Waals surface area contributed by atoms with Gasteiger partial charge in [-0.05, 0) is 64.9 Å². The number of aromatic nitrogens is 2. The van der Waals surface area contributed by atoms with Crippen LogP contribution >= 0.6 is 27.3 Å². The predicted octanol–water partition coefficient (Wildman–Crippen LogP) is 6.27. The van der Waals surface area contributed by atoms with Crippen molar-refractivity contribution in [3.63, 3.8) is 0 Å². The summed E-state index contributed by atoms with van der Waals surface area (Å²) in [5.74, 6) is 1.74. The van der Waals surface area contributed by atoms with Crippen LogP contribution in [-0.4, -0.2) is 17.1 Å². The summed E-state index contributed by atoms with van der Waals surface area (Å²) in [5.41, 5.74) is 2.96. The molecule has 1 N–H and O–H groups in total. The number of benzene rings is 2. The second-order valence-corrected chi connectivity index (χ2v) is 9.85. The number of aromatic amines is 1. The lowest BCUT2D eigenvalue weighted by molar-refractivity contribution is 0.284. The van der Waals surface area contributed by atoms with Gasteiger partial charge in [0.1, 0.15) is 17.3 Å². The van der Waals surface area contributed by atoms with Crippen LogP contribution in [0.2, 0.25) is 0 Å². The van der Waals surface area contributed by atoms with E-state index in [1.165, 1.54) is 23.3 Å². The molecule has 32 heavy (non-hydrogen) atoms. The van der Waals surface area contributed by atoms with Gasteiger partial charge in [-0.25, -0.2) is 4.98 Å². The summed E-state index contributed by atoms with van der Waals surface area (Å²) in [6, 6.07) is 13.7. The third-order valence-corrected chi connectivity index (χ3v) is 7.66. The second kappa shape index (κ2) is 9.08. The third-order valence-electron chi connectivity index (χ3n) is 5.82. The molecule has 164 valence electrons. The van der Waals surface area contributed by atoms with E-state index in [-0.39, 0.29) is 5.56 Å². The monoisotopic (exact) mass is 510 g/mol. The Morgan fingerprint density at radius 1 is 1.09 bits per heavy atom. The molecule has 2 heterocycles. The van der Waals surface area contributed by atoms with Crippen molar-refractivity contribution in [3.8, 4) is 22.9 Å². The Morgan fingerprint density at radius 3 is 2.72 bits per heavy atom. The Labute approximate surface area is 198 Å². The lowest BCUT2D eigenvalue weighted by Gasteiger charge is -2.14. The smallest absolute Gasteiger partial charge is 0.260 e. The van der Waals surface area contributed by atoms with Gasteiger partial charge in [0.25, 0.3) is 5.56 Å². The van der Waals surface area contributed by atoms with Gasteiger partial charge in [0, 0.05) is 14.9 Å². The first-order valence-corrected chi connectivity index (χ1v) is 12.3. The number of H-pyrrole nitrogens is 1. The van der Waals surface area contributed by atoms with E-state index in [0.29, 0.717) is 23.9 Å². The summed E-state index contributed by atoms with van der Waals surface area (Å²) in [6.45, 7) is 0.435. The number of aryl methyl sites for hydroxylation is 2. The zero-order chi connectivity index (χ0) is 22.1. The average Bonchev–Trinajstić information content (AvgIpc) is 3.00. The van der Waals surface area contributed by atoms with Crippen LogP contribution in [0.3, 0.4) is 0 Å². The molecule has 0 atom stereocenters. The topological polar surface area (TPSA) is 64.2 Å². The van der Waals surface area contributed by atoms with E-state index in [1.54, 1.807) is 18.4 Å². The highest BCUT2D eigenvalue weighted by Crippen LogP contribution is 2.39. The highest BCUT2D eigenvalue weighted by molar-refractivity contribution is 9.10. The minimum Gasteiger partial charge on any atom is -0.493 e. The van der Waals surface area contributed by atoms with Gasteiger partial charge in [0.2, 0.25) is 0 Å². The molecular weight excluding hydrogens is 488 g/mol. The fourth-order valence-electron chi connectivity index (χ4n) is 4.19. The number of fused-ring (bicyclic) bond motifs is 3. The maximum atomic E-state index is 13.1. The summed E-state index contributed by atoms with van der Waals surface area (Å²) < 4.78 is 12.4. The predicted molar refractivity (Wildman–Crippen MR) is 132 cm³/mol. The summed E-state index contributed by atoms with van der Waals surface area (Å²) in [5, 5.41) is 0.765. The number of hydrogen-bond acceptors (Lipinski definition) is 5. The average molecular weight is 511 g/mol. The standard InChI is InChI=1S/C25H23BrN2O3S/c1-30-19-12-17(18(26)13-20(19)31-14-15-8-4-2-5-9-15)23-27-24(29)22-16-10-6-3-7-11-21(16)32-25(22)28-23/h2,4-5,8-9,12-13H,3,6-7,10-11,14H2,1H3,(H,27,28,29). The van der Waals surface area contributed by atoms with E-state index in [4.69, 9.17) is 14.5 Å². The van der Waals surface area contributed by atoms with Crippen LogP contribution in [0.5, 0.6) is 11.5 Å². The van der Waals surface area contributed by atoms with Crippen molar-refractivity contribution in [1.29, 1.82) is 0 Å². The van der Waals surface area contributed by atoms with Crippen molar-refractivity contribution in [2.75, 3.05) is 7.11 Å². The van der Waals surface area contributed by atoms with Crippen LogP contribution in [0.4, 0.5) is 0 Å². The summed E-state index contributed by atoms with van der Waals surface area (Å²) in [7, 11) is 1.61. The maximum absolute atomic E-state index is 13.1. The largest absolute Gasteiger partial charge is 0.493 e. The highest BCUT2D eigenvalue weighted by atomic mass is 79.9. The van der Waals surface area contributed by atoms with E-state index in [9.17, 15) is 4.79 Å². The molecule has 5 rings (SSSR count). The minimum absolute atomic E-state index is 0.0697. The molecule has 0 saturated heterocycles. The molecule has 0 spiro atoms. The first-order chi connectivity index (χ1) is 15.6. The lowest BCUT2D eigenvalue weighted by atomic mass is 10.1. The normalized spacial score (nSPS) is 13.6. The second-order valence-electron chi connectivity index (χ2n) is 7.92. The number of ether oxygens (including phenoxy) is 2. The van der Waals surface area contributed by atoms with Crippen LogP contribution in [0.15, 0.2) is 51.7 Å². The van der Waals surface area contributed by atoms with E-state index in [1.807, 2.05) is 42.5 Å². The quantitative estimate of drug-likeness (QED) is 0.321. The summed E-state index contributed by atoms with van der Waals surface area (Å²) >= 11 is 5.29. The molecule has 0 saturated carbocycles. The van der Waals surface area contributed by atoms with Crippen molar-refractivity contribution in [1.82, 2.24) is 9.97 Å². The molecule has 4 aromatic rings. The van der Waals surface area contributed by atoms with Crippen molar-refractivity contribution < 1.29 is 9.47 Å². The summed E-state index contributed by atoms with van der Waals surface area (Å²) in [6.07, 6.45) is 5.53. The Hall–Kier alpha value is -2.64. The van der Waals surface area contributed by atoms with Crippen LogP contribution in [0, 0.1) is 0 Å². The van der Waals surface area contributed by atoms with Crippen molar-refractivity contribution in [2.45, 2.75) is 38.7 Å². The number of nitrogens with one attached hydrogen (secondary N) is 1. The van der Waals surface area contributed by atoms with Crippen molar-refractivity contribution in [2.24, 2.45) is 0 Å². The molecule has 2 aromatic heterocycles. The van der Waals surface area contributed by atoms with Crippen LogP contribution in [0.25, 0.3) is 21.6 Å². The number of thiophene rings is 1.